The van der Waals surface area contributed by atoms with Gasteiger partial charge in [-0.05, 0) is 37.4 Å². The first-order valence-electron chi connectivity index (χ1n) is 6.20. The zero-order chi connectivity index (χ0) is 12.4. The van der Waals surface area contributed by atoms with Gasteiger partial charge in [0, 0.05) is 18.4 Å². The molecule has 0 amide bonds. The highest BCUT2D eigenvalue weighted by molar-refractivity contribution is 5.99. The van der Waals surface area contributed by atoms with Crippen LogP contribution >= 0.6 is 0 Å². The molecule has 0 unspecified atom stereocenters. The maximum atomic E-state index is 5.68. The Morgan fingerprint density at radius 3 is 2.61 bits per heavy atom. The van der Waals surface area contributed by atoms with Crippen LogP contribution in [-0.2, 0) is 4.84 Å². The van der Waals surface area contributed by atoms with Crippen LogP contribution in [0.5, 0.6) is 5.75 Å². The van der Waals surface area contributed by atoms with Gasteiger partial charge in [-0.15, -0.1) is 0 Å². The maximum Gasteiger partial charge on any atom is 0.190 e. The minimum atomic E-state index is -0.374. The molecule has 5 nitrogen and oxygen atoms in total. The summed E-state index contributed by atoms with van der Waals surface area (Å²) in [6.45, 7) is 1.89. The lowest BCUT2D eigenvalue weighted by Crippen LogP contribution is -2.41. The summed E-state index contributed by atoms with van der Waals surface area (Å²) in [5, 5.41) is 3.31. The number of methoxy groups -OCH3 is 1. The normalized spacial score (nSPS) is 21.5. The first-order valence-corrected chi connectivity index (χ1v) is 6.20. The number of hydroxylamine groups is 1. The number of hydrogen-bond donors (Lipinski definition) is 2. The molecule has 3 rings (SSSR count). The third kappa shape index (κ3) is 2.07. The van der Waals surface area contributed by atoms with Crippen LogP contribution in [0, 0.1) is 0 Å². The van der Waals surface area contributed by atoms with Gasteiger partial charge in [0.25, 0.3) is 0 Å². The number of hydrogen-bond acceptors (Lipinski definition) is 5. The zero-order valence-electron chi connectivity index (χ0n) is 10.4. The summed E-state index contributed by atoms with van der Waals surface area (Å²) in [5.74, 6) is 1.65. The smallest absolute Gasteiger partial charge is 0.190 e. The zero-order valence-corrected chi connectivity index (χ0v) is 10.4. The molecular formula is C13H17N3O2. The predicted octanol–water partition coefficient (Wildman–Crippen LogP) is 1.06. The number of nitrogens with zero attached hydrogens (tertiary/aromatic N) is 1. The number of piperidine rings is 1. The SMILES string of the molecule is COc1ccc(C2=NC3(CCNCC3)ON2)cc1. The van der Waals surface area contributed by atoms with Crippen LogP contribution in [0.25, 0.3) is 0 Å². The number of amidine groups is 1. The van der Waals surface area contributed by atoms with Gasteiger partial charge in [0.1, 0.15) is 5.75 Å². The van der Waals surface area contributed by atoms with E-state index in [0.29, 0.717) is 0 Å². The molecule has 0 bridgehead atoms. The van der Waals surface area contributed by atoms with E-state index < -0.39 is 0 Å². The predicted molar refractivity (Wildman–Crippen MR) is 68.6 cm³/mol. The summed E-state index contributed by atoms with van der Waals surface area (Å²) in [4.78, 5) is 10.4. The molecule has 1 spiro atoms. The molecule has 2 aliphatic heterocycles. The lowest BCUT2D eigenvalue weighted by Gasteiger charge is -2.28. The molecule has 1 fully saturated rings. The molecule has 0 saturated carbocycles. The van der Waals surface area contributed by atoms with E-state index in [9.17, 15) is 0 Å². The van der Waals surface area contributed by atoms with Gasteiger partial charge in [0.05, 0.1) is 7.11 Å². The molecule has 1 saturated heterocycles. The maximum absolute atomic E-state index is 5.68. The van der Waals surface area contributed by atoms with Crippen molar-refractivity contribution in [2.24, 2.45) is 4.99 Å². The fourth-order valence-corrected chi connectivity index (χ4v) is 2.30. The van der Waals surface area contributed by atoms with Gasteiger partial charge >= 0.3 is 0 Å². The summed E-state index contributed by atoms with van der Waals surface area (Å²) in [7, 11) is 1.66. The van der Waals surface area contributed by atoms with Crippen molar-refractivity contribution in [1.29, 1.82) is 0 Å². The monoisotopic (exact) mass is 247 g/mol. The Kier molecular flexibility index (Phi) is 2.93. The molecule has 2 N–H and O–H groups in total. The van der Waals surface area contributed by atoms with Crippen molar-refractivity contribution in [1.82, 2.24) is 10.8 Å². The molecule has 1 aromatic rings. The molecule has 0 aromatic heterocycles. The van der Waals surface area contributed by atoms with Crippen molar-refractivity contribution < 1.29 is 9.57 Å². The van der Waals surface area contributed by atoms with Crippen LogP contribution in [0.3, 0.4) is 0 Å². The molecule has 96 valence electrons. The average Bonchev–Trinajstić information content (AvgIpc) is 2.83. The summed E-state index contributed by atoms with van der Waals surface area (Å²) < 4.78 is 5.14. The fourth-order valence-electron chi connectivity index (χ4n) is 2.30. The topological polar surface area (TPSA) is 54.9 Å². The van der Waals surface area contributed by atoms with E-state index in [2.05, 4.69) is 10.8 Å². The van der Waals surface area contributed by atoms with Crippen molar-refractivity contribution in [2.75, 3.05) is 20.2 Å². The molecule has 1 aromatic carbocycles. The minimum absolute atomic E-state index is 0.374. The van der Waals surface area contributed by atoms with Gasteiger partial charge < -0.3 is 10.1 Å². The molecule has 2 heterocycles. The van der Waals surface area contributed by atoms with Crippen LogP contribution < -0.4 is 15.5 Å². The summed E-state index contributed by atoms with van der Waals surface area (Å²) >= 11 is 0. The van der Waals surface area contributed by atoms with E-state index in [1.807, 2.05) is 24.3 Å². The van der Waals surface area contributed by atoms with Crippen molar-refractivity contribution >= 4 is 5.84 Å². The van der Waals surface area contributed by atoms with Crippen LogP contribution in [0.4, 0.5) is 0 Å². The lowest BCUT2D eigenvalue weighted by molar-refractivity contribution is -0.0720. The Balaban J connectivity index is 1.81. The van der Waals surface area contributed by atoms with Gasteiger partial charge in [-0.3, -0.25) is 0 Å². The van der Waals surface area contributed by atoms with Crippen LogP contribution in [0.2, 0.25) is 0 Å². The van der Waals surface area contributed by atoms with Crippen LogP contribution in [0.15, 0.2) is 29.3 Å². The molecule has 0 aliphatic carbocycles. The Bertz CT molecular complexity index is 450. The molecule has 2 aliphatic rings. The summed E-state index contributed by atoms with van der Waals surface area (Å²) in [6, 6.07) is 7.81. The standard InChI is InChI=1S/C13H17N3O2/c1-17-11-4-2-10(3-5-11)12-15-13(18-16-12)6-8-14-9-7-13/h2-5,14H,6-9H2,1H3,(H,15,16). The lowest BCUT2D eigenvalue weighted by atomic mass is 10.0. The van der Waals surface area contributed by atoms with Gasteiger partial charge in [-0.1, -0.05) is 0 Å². The Morgan fingerprint density at radius 2 is 1.94 bits per heavy atom. The van der Waals surface area contributed by atoms with Crippen molar-refractivity contribution in [2.45, 2.75) is 18.6 Å². The van der Waals surface area contributed by atoms with E-state index >= 15 is 0 Å². The molecule has 0 atom stereocenters. The molecular weight excluding hydrogens is 230 g/mol. The summed E-state index contributed by atoms with van der Waals surface area (Å²) in [6.07, 6.45) is 1.80. The van der Waals surface area contributed by atoms with E-state index in [4.69, 9.17) is 14.6 Å². The van der Waals surface area contributed by atoms with Gasteiger partial charge in [0.2, 0.25) is 0 Å². The summed E-state index contributed by atoms with van der Waals surface area (Å²) in [5.41, 5.74) is 3.60. The first kappa shape index (κ1) is 11.5. The van der Waals surface area contributed by atoms with Crippen LogP contribution in [-0.4, -0.2) is 31.8 Å². The third-order valence-electron chi connectivity index (χ3n) is 3.40. The van der Waals surface area contributed by atoms with Gasteiger partial charge in [-0.25, -0.2) is 15.3 Å². The molecule has 5 heteroatoms. The minimum Gasteiger partial charge on any atom is -0.497 e. The number of benzene rings is 1. The number of aliphatic imine (C=N–C) groups is 1. The second kappa shape index (κ2) is 4.59. The second-order valence-electron chi connectivity index (χ2n) is 4.59. The largest absolute Gasteiger partial charge is 0.497 e. The first-order chi connectivity index (χ1) is 8.81. The van der Waals surface area contributed by atoms with Crippen molar-refractivity contribution in [3.8, 4) is 5.75 Å². The molecule has 0 radical (unpaired) electrons. The Labute approximate surface area is 106 Å². The molecule has 18 heavy (non-hydrogen) atoms. The van der Waals surface area contributed by atoms with Gasteiger partial charge in [0.15, 0.2) is 11.6 Å². The number of ether oxygens (including phenoxy) is 1. The number of rotatable bonds is 2. The number of nitrogens with one attached hydrogen (secondary N) is 2. The highest BCUT2D eigenvalue weighted by atomic mass is 16.7. The fraction of sp³-hybridized carbons (Fsp3) is 0.462. The Morgan fingerprint density at radius 1 is 1.22 bits per heavy atom. The van der Waals surface area contributed by atoms with E-state index in [-0.39, 0.29) is 5.72 Å². The van der Waals surface area contributed by atoms with Crippen molar-refractivity contribution in [3.05, 3.63) is 29.8 Å². The van der Waals surface area contributed by atoms with E-state index in [1.54, 1.807) is 7.11 Å². The van der Waals surface area contributed by atoms with Crippen LogP contribution in [0.1, 0.15) is 18.4 Å². The average molecular weight is 247 g/mol. The highest BCUT2D eigenvalue weighted by Crippen LogP contribution is 2.28. The van der Waals surface area contributed by atoms with E-state index in [0.717, 1.165) is 43.1 Å². The van der Waals surface area contributed by atoms with E-state index in [1.165, 1.54) is 0 Å². The van der Waals surface area contributed by atoms with Gasteiger partial charge in [-0.2, -0.15) is 0 Å². The highest BCUT2D eigenvalue weighted by Gasteiger charge is 2.38. The second-order valence-corrected chi connectivity index (χ2v) is 4.59. The Hall–Kier alpha value is -1.59. The quantitative estimate of drug-likeness (QED) is 0.820. The third-order valence-corrected chi connectivity index (χ3v) is 3.40. The van der Waals surface area contributed by atoms with Crippen molar-refractivity contribution in [3.63, 3.8) is 0 Å².